The van der Waals surface area contributed by atoms with Crippen molar-refractivity contribution in [2.45, 2.75) is 26.3 Å². The topological polar surface area (TPSA) is 24.9 Å². The van der Waals surface area contributed by atoms with Crippen molar-refractivity contribution in [3.8, 4) is 10.6 Å². The quantitative estimate of drug-likeness (QED) is 0.868. The summed E-state index contributed by atoms with van der Waals surface area (Å²) in [4.78, 5) is 5.40. The number of rotatable bonds is 5. The fourth-order valence-electron chi connectivity index (χ4n) is 1.73. The highest BCUT2D eigenvalue weighted by atomic mass is 35.5. The zero-order chi connectivity index (χ0) is 13.8. The zero-order valence-corrected chi connectivity index (χ0v) is 12.5. The number of nitrogens with one attached hydrogen (secondary N) is 1. The first kappa shape index (κ1) is 14.4. The second-order valence-corrected chi connectivity index (χ2v) is 5.87. The minimum absolute atomic E-state index is 0.230. The summed E-state index contributed by atoms with van der Waals surface area (Å²) in [5.41, 5.74) is 0.464. The Balaban J connectivity index is 2.23. The van der Waals surface area contributed by atoms with E-state index in [0.717, 1.165) is 17.8 Å². The molecule has 2 rings (SSSR count). The highest BCUT2D eigenvalue weighted by molar-refractivity contribution is 7.15. The van der Waals surface area contributed by atoms with Gasteiger partial charge in [0.15, 0.2) is 0 Å². The van der Waals surface area contributed by atoms with E-state index in [0.29, 0.717) is 15.6 Å². The van der Waals surface area contributed by atoms with Crippen LogP contribution in [-0.2, 0) is 0 Å². The van der Waals surface area contributed by atoms with Crippen LogP contribution in [0, 0.1) is 5.82 Å². The second kappa shape index (κ2) is 6.46. The highest BCUT2D eigenvalue weighted by Gasteiger charge is 2.13. The van der Waals surface area contributed by atoms with Crippen molar-refractivity contribution in [3.05, 3.63) is 40.1 Å². The van der Waals surface area contributed by atoms with E-state index >= 15 is 0 Å². The smallest absolute Gasteiger partial charge is 0.133 e. The molecule has 0 saturated heterocycles. The Labute approximate surface area is 121 Å². The van der Waals surface area contributed by atoms with E-state index in [1.807, 2.05) is 0 Å². The SMILES string of the molecule is CCCNC(C)c1cnc(-c2cc(Cl)ccc2F)s1. The van der Waals surface area contributed by atoms with Gasteiger partial charge in [-0.25, -0.2) is 9.37 Å². The van der Waals surface area contributed by atoms with Gasteiger partial charge in [-0.1, -0.05) is 18.5 Å². The molecule has 1 N–H and O–H groups in total. The molecule has 1 aromatic carbocycles. The number of hydrogen-bond donors (Lipinski definition) is 1. The molecule has 0 radical (unpaired) electrons. The maximum atomic E-state index is 13.8. The third-order valence-corrected chi connectivity index (χ3v) is 4.26. The standard InChI is InChI=1S/C14H16ClFN2S/c1-3-6-17-9(2)13-8-18-14(19-13)11-7-10(15)4-5-12(11)16/h4-5,7-9,17H,3,6H2,1-2H3. The monoisotopic (exact) mass is 298 g/mol. The van der Waals surface area contributed by atoms with Crippen LogP contribution in [0.1, 0.15) is 31.2 Å². The maximum absolute atomic E-state index is 13.8. The molecule has 1 aromatic heterocycles. The Morgan fingerprint density at radius 3 is 3.00 bits per heavy atom. The molecule has 19 heavy (non-hydrogen) atoms. The predicted octanol–water partition coefficient (Wildman–Crippen LogP) is 4.66. The van der Waals surface area contributed by atoms with Crippen LogP contribution in [-0.4, -0.2) is 11.5 Å². The van der Waals surface area contributed by atoms with E-state index in [9.17, 15) is 4.39 Å². The molecule has 1 unspecified atom stereocenters. The summed E-state index contributed by atoms with van der Waals surface area (Å²) in [6.45, 7) is 5.17. The molecule has 2 nitrogen and oxygen atoms in total. The van der Waals surface area contributed by atoms with Gasteiger partial charge < -0.3 is 5.32 Å². The Kier molecular flexibility index (Phi) is 4.91. The fraction of sp³-hybridized carbons (Fsp3) is 0.357. The third-order valence-electron chi connectivity index (χ3n) is 2.81. The van der Waals surface area contributed by atoms with Gasteiger partial charge in [-0.15, -0.1) is 11.3 Å². The maximum Gasteiger partial charge on any atom is 0.133 e. The number of aromatic nitrogens is 1. The molecule has 2 aromatic rings. The molecule has 0 amide bonds. The Bertz CT molecular complexity index is 556. The highest BCUT2D eigenvalue weighted by Crippen LogP contribution is 2.31. The van der Waals surface area contributed by atoms with Gasteiger partial charge >= 0.3 is 0 Å². The van der Waals surface area contributed by atoms with E-state index < -0.39 is 0 Å². The third kappa shape index (κ3) is 3.53. The molecule has 1 atom stereocenters. The molecular formula is C14H16ClFN2S. The first-order valence-electron chi connectivity index (χ1n) is 6.26. The van der Waals surface area contributed by atoms with Gasteiger partial charge in [-0.05, 0) is 38.1 Å². The molecule has 0 spiro atoms. The molecule has 0 saturated carbocycles. The van der Waals surface area contributed by atoms with Crippen LogP contribution in [0.3, 0.4) is 0 Å². The summed E-state index contributed by atoms with van der Waals surface area (Å²) >= 11 is 7.40. The van der Waals surface area contributed by atoms with Crippen LogP contribution in [0.5, 0.6) is 0 Å². The Morgan fingerprint density at radius 1 is 1.47 bits per heavy atom. The van der Waals surface area contributed by atoms with Crippen LogP contribution in [0.15, 0.2) is 24.4 Å². The van der Waals surface area contributed by atoms with Crippen molar-refractivity contribution in [2.75, 3.05) is 6.54 Å². The minimum Gasteiger partial charge on any atom is -0.309 e. The molecule has 102 valence electrons. The molecule has 0 aliphatic carbocycles. The second-order valence-electron chi connectivity index (χ2n) is 4.37. The summed E-state index contributed by atoms with van der Waals surface area (Å²) in [5, 5.41) is 4.58. The predicted molar refractivity (Wildman–Crippen MR) is 79.2 cm³/mol. The van der Waals surface area contributed by atoms with Crippen LogP contribution in [0.4, 0.5) is 4.39 Å². The van der Waals surface area contributed by atoms with Gasteiger partial charge in [0.1, 0.15) is 10.8 Å². The van der Waals surface area contributed by atoms with Crippen LogP contribution in [0.25, 0.3) is 10.6 Å². The number of hydrogen-bond acceptors (Lipinski definition) is 3. The Hall–Kier alpha value is -0.970. The molecule has 0 aliphatic rings. The molecule has 1 heterocycles. The number of thiazole rings is 1. The van der Waals surface area contributed by atoms with Crippen molar-refractivity contribution in [3.63, 3.8) is 0 Å². The van der Waals surface area contributed by atoms with Crippen molar-refractivity contribution in [2.24, 2.45) is 0 Å². The van der Waals surface area contributed by atoms with Gasteiger partial charge in [0.2, 0.25) is 0 Å². The molecule has 0 aliphatic heterocycles. The van der Waals surface area contributed by atoms with Crippen LogP contribution < -0.4 is 5.32 Å². The number of benzene rings is 1. The summed E-state index contributed by atoms with van der Waals surface area (Å²) in [6, 6.07) is 4.76. The van der Waals surface area contributed by atoms with Gasteiger partial charge in [-0.2, -0.15) is 0 Å². The number of nitrogens with zero attached hydrogens (tertiary/aromatic N) is 1. The summed E-state index contributed by atoms with van der Waals surface area (Å²) in [5.74, 6) is -0.292. The van der Waals surface area contributed by atoms with Gasteiger partial charge in [0.25, 0.3) is 0 Å². The largest absolute Gasteiger partial charge is 0.309 e. The fourth-order valence-corrected chi connectivity index (χ4v) is 2.87. The number of halogens is 2. The van der Waals surface area contributed by atoms with Crippen molar-refractivity contribution in [1.29, 1.82) is 0 Å². The molecular weight excluding hydrogens is 283 g/mol. The lowest BCUT2D eigenvalue weighted by atomic mass is 10.2. The minimum atomic E-state index is -0.292. The van der Waals surface area contributed by atoms with E-state index in [1.54, 1.807) is 18.3 Å². The lowest BCUT2D eigenvalue weighted by molar-refractivity contribution is 0.577. The summed E-state index contributed by atoms with van der Waals surface area (Å²) < 4.78 is 13.8. The van der Waals surface area contributed by atoms with Crippen LogP contribution >= 0.6 is 22.9 Å². The van der Waals surface area contributed by atoms with E-state index in [2.05, 4.69) is 24.1 Å². The lowest BCUT2D eigenvalue weighted by Gasteiger charge is -2.09. The van der Waals surface area contributed by atoms with Crippen molar-refractivity contribution < 1.29 is 4.39 Å². The van der Waals surface area contributed by atoms with Crippen molar-refractivity contribution in [1.82, 2.24) is 10.3 Å². The molecule has 5 heteroatoms. The molecule has 0 bridgehead atoms. The first-order chi connectivity index (χ1) is 9.11. The zero-order valence-electron chi connectivity index (χ0n) is 10.9. The van der Waals surface area contributed by atoms with Gasteiger partial charge in [0.05, 0.1) is 0 Å². The lowest BCUT2D eigenvalue weighted by Crippen LogP contribution is -2.18. The van der Waals surface area contributed by atoms with Gasteiger partial charge in [0, 0.05) is 27.7 Å². The van der Waals surface area contributed by atoms with E-state index in [4.69, 9.17) is 11.6 Å². The van der Waals surface area contributed by atoms with Crippen molar-refractivity contribution >= 4 is 22.9 Å². The van der Waals surface area contributed by atoms with Gasteiger partial charge in [-0.3, -0.25) is 0 Å². The normalized spacial score (nSPS) is 12.6. The van der Waals surface area contributed by atoms with Crippen LogP contribution in [0.2, 0.25) is 5.02 Å². The van der Waals surface area contributed by atoms with E-state index in [1.165, 1.54) is 17.4 Å². The summed E-state index contributed by atoms with van der Waals surface area (Å²) in [7, 11) is 0. The average molecular weight is 299 g/mol. The summed E-state index contributed by atoms with van der Waals surface area (Å²) in [6.07, 6.45) is 2.88. The first-order valence-corrected chi connectivity index (χ1v) is 7.45. The van der Waals surface area contributed by atoms with E-state index in [-0.39, 0.29) is 11.9 Å². The Morgan fingerprint density at radius 2 is 2.26 bits per heavy atom. The average Bonchev–Trinajstić information content (AvgIpc) is 2.88. The molecule has 0 fully saturated rings.